The number of carboxylic acids is 1. The minimum Gasteiger partial charge on any atom is -0.478 e. The molecule has 0 saturated heterocycles. The van der Waals surface area contributed by atoms with Gasteiger partial charge < -0.3 is 5.11 Å². The van der Waals surface area contributed by atoms with Crippen LogP contribution in [0.15, 0.2) is 11.1 Å². The highest BCUT2D eigenvalue weighted by Gasteiger charge is 1.95. The van der Waals surface area contributed by atoms with Crippen molar-refractivity contribution in [3.8, 4) is 0 Å². The van der Waals surface area contributed by atoms with Crippen LogP contribution in [0.1, 0.15) is 32.6 Å². The lowest BCUT2D eigenvalue weighted by molar-refractivity contribution is -0.131. The Morgan fingerprint density at radius 1 is 1.55 bits per heavy atom. The van der Waals surface area contributed by atoms with E-state index in [4.69, 9.17) is 16.7 Å². The number of aliphatic carboxylic acids is 1. The molecule has 0 heterocycles. The molecule has 11 heavy (non-hydrogen) atoms. The highest BCUT2D eigenvalue weighted by Crippen LogP contribution is 2.12. The van der Waals surface area contributed by atoms with Crippen molar-refractivity contribution in [3.05, 3.63) is 11.1 Å². The molecule has 0 bridgehead atoms. The van der Waals surface area contributed by atoms with E-state index >= 15 is 0 Å². The number of halogens is 1. The Hall–Kier alpha value is -0.500. The summed E-state index contributed by atoms with van der Waals surface area (Å²) in [4.78, 5) is 10.1. The van der Waals surface area contributed by atoms with Crippen molar-refractivity contribution >= 4 is 17.6 Å². The summed E-state index contributed by atoms with van der Waals surface area (Å²) in [5.74, 6) is -0.966. The first-order valence-electron chi connectivity index (χ1n) is 3.75. The maximum atomic E-state index is 10.1. The Morgan fingerprint density at radius 2 is 2.18 bits per heavy atom. The maximum absolute atomic E-state index is 10.1. The fourth-order valence-electron chi connectivity index (χ4n) is 0.750. The van der Waals surface area contributed by atoms with Crippen molar-refractivity contribution in [2.75, 3.05) is 0 Å². The molecule has 0 fully saturated rings. The quantitative estimate of drug-likeness (QED) is 0.517. The average molecular weight is 177 g/mol. The van der Waals surface area contributed by atoms with E-state index < -0.39 is 5.97 Å². The largest absolute Gasteiger partial charge is 0.478 e. The van der Waals surface area contributed by atoms with Gasteiger partial charge >= 0.3 is 5.97 Å². The zero-order valence-electron chi connectivity index (χ0n) is 6.64. The summed E-state index contributed by atoms with van der Waals surface area (Å²) in [5.41, 5.74) is 0. The molecule has 0 aliphatic rings. The van der Waals surface area contributed by atoms with Gasteiger partial charge in [0.25, 0.3) is 0 Å². The molecule has 3 heteroatoms. The van der Waals surface area contributed by atoms with E-state index in [2.05, 4.69) is 6.92 Å². The molecule has 0 aromatic carbocycles. The highest BCUT2D eigenvalue weighted by molar-refractivity contribution is 6.30. The second-order valence-electron chi connectivity index (χ2n) is 2.39. The standard InChI is InChI=1S/C8H13ClO2/c1-2-3-4-5-7(9)6-8(10)11/h6H,2-5H2,1H3,(H,10,11)/b7-6-. The van der Waals surface area contributed by atoms with Crippen LogP contribution in [-0.2, 0) is 4.79 Å². The van der Waals surface area contributed by atoms with Gasteiger partial charge in [-0.15, -0.1) is 0 Å². The van der Waals surface area contributed by atoms with E-state index in [-0.39, 0.29) is 0 Å². The SMILES string of the molecule is CCCCC/C(Cl)=C/C(=O)O. The van der Waals surface area contributed by atoms with Crippen molar-refractivity contribution in [2.45, 2.75) is 32.6 Å². The molecule has 64 valence electrons. The van der Waals surface area contributed by atoms with E-state index in [1.165, 1.54) is 0 Å². The fraction of sp³-hybridized carbons (Fsp3) is 0.625. The number of carbonyl (C=O) groups is 1. The summed E-state index contributed by atoms with van der Waals surface area (Å²) < 4.78 is 0. The van der Waals surface area contributed by atoms with Gasteiger partial charge in [0.2, 0.25) is 0 Å². The van der Waals surface area contributed by atoms with Gasteiger partial charge in [-0.05, 0) is 12.8 Å². The Balaban J connectivity index is 3.51. The lowest BCUT2D eigenvalue weighted by atomic mass is 10.2. The summed E-state index contributed by atoms with van der Waals surface area (Å²) in [5, 5.41) is 8.72. The molecule has 0 aromatic rings. The van der Waals surface area contributed by atoms with E-state index in [9.17, 15) is 4.79 Å². The number of hydrogen-bond donors (Lipinski definition) is 1. The van der Waals surface area contributed by atoms with E-state index in [1.807, 2.05) is 0 Å². The van der Waals surface area contributed by atoms with Gasteiger partial charge in [-0.1, -0.05) is 31.4 Å². The molecule has 0 unspecified atom stereocenters. The molecular weight excluding hydrogens is 164 g/mol. The second-order valence-corrected chi connectivity index (χ2v) is 2.87. The molecule has 0 amide bonds. The molecule has 0 saturated carbocycles. The predicted octanol–water partition coefficient (Wildman–Crippen LogP) is 2.77. The van der Waals surface area contributed by atoms with Gasteiger partial charge in [0.05, 0.1) is 0 Å². The van der Waals surface area contributed by atoms with Gasteiger partial charge in [0, 0.05) is 11.1 Å². The van der Waals surface area contributed by atoms with Crippen molar-refractivity contribution in [1.29, 1.82) is 0 Å². The van der Waals surface area contributed by atoms with Crippen molar-refractivity contribution < 1.29 is 9.90 Å². The number of carboxylic acid groups (broad SMARTS) is 1. The Labute approximate surface area is 71.9 Å². The lowest BCUT2D eigenvalue weighted by Gasteiger charge is -1.95. The van der Waals surface area contributed by atoms with Crippen LogP contribution in [0.2, 0.25) is 0 Å². The maximum Gasteiger partial charge on any atom is 0.329 e. The summed E-state index contributed by atoms with van der Waals surface area (Å²) in [6.07, 6.45) is 4.93. The summed E-state index contributed by atoms with van der Waals surface area (Å²) in [6, 6.07) is 0. The van der Waals surface area contributed by atoms with Crippen LogP contribution >= 0.6 is 11.6 Å². The Morgan fingerprint density at radius 3 is 2.64 bits per heavy atom. The lowest BCUT2D eigenvalue weighted by Crippen LogP contribution is -1.88. The third kappa shape index (κ3) is 7.40. The minimum absolute atomic E-state index is 0.436. The van der Waals surface area contributed by atoms with Crippen LogP contribution in [0.25, 0.3) is 0 Å². The molecular formula is C8H13ClO2. The van der Waals surface area contributed by atoms with Gasteiger partial charge in [-0.2, -0.15) is 0 Å². The van der Waals surface area contributed by atoms with Gasteiger partial charge in [-0.3, -0.25) is 0 Å². The topological polar surface area (TPSA) is 37.3 Å². The third-order valence-electron chi connectivity index (χ3n) is 1.30. The Bertz CT molecular complexity index is 152. The summed E-state index contributed by atoms with van der Waals surface area (Å²) in [7, 11) is 0. The molecule has 0 aliphatic heterocycles. The monoisotopic (exact) mass is 176 g/mol. The second kappa shape index (κ2) is 6.23. The predicted molar refractivity (Wildman–Crippen MR) is 45.7 cm³/mol. The van der Waals surface area contributed by atoms with Crippen LogP contribution in [0.3, 0.4) is 0 Å². The molecule has 0 aliphatic carbocycles. The molecule has 0 rings (SSSR count). The fourth-order valence-corrected chi connectivity index (χ4v) is 0.977. The number of hydrogen-bond acceptors (Lipinski definition) is 1. The highest BCUT2D eigenvalue weighted by atomic mass is 35.5. The molecule has 0 atom stereocenters. The van der Waals surface area contributed by atoms with Crippen LogP contribution in [-0.4, -0.2) is 11.1 Å². The molecule has 0 radical (unpaired) electrons. The van der Waals surface area contributed by atoms with Gasteiger partial charge in [0.1, 0.15) is 0 Å². The zero-order chi connectivity index (χ0) is 8.69. The normalized spacial score (nSPS) is 11.6. The van der Waals surface area contributed by atoms with Gasteiger partial charge in [-0.25, -0.2) is 4.79 Å². The van der Waals surface area contributed by atoms with Gasteiger partial charge in [0.15, 0.2) is 0 Å². The number of rotatable bonds is 5. The number of allylic oxidation sites excluding steroid dienone is 1. The Kier molecular flexibility index (Phi) is 5.94. The van der Waals surface area contributed by atoms with E-state index in [0.29, 0.717) is 11.5 Å². The first-order valence-corrected chi connectivity index (χ1v) is 4.13. The van der Waals surface area contributed by atoms with Crippen LogP contribution in [0.5, 0.6) is 0 Å². The van der Waals surface area contributed by atoms with Crippen LogP contribution < -0.4 is 0 Å². The molecule has 0 spiro atoms. The van der Waals surface area contributed by atoms with E-state index in [0.717, 1.165) is 25.3 Å². The summed E-state index contributed by atoms with van der Waals surface area (Å²) >= 11 is 5.59. The van der Waals surface area contributed by atoms with Crippen molar-refractivity contribution in [1.82, 2.24) is 0 Å². The first-order chi connectivity index (χ1) is 5.16. The minimum atomic E-state index is -0.966. The molecule has 0 aromatic heterocycles. The smallest absolute Gasteiger partial charge is 0.329 e. The zero-order valence-corrected chi connectivity index (χ0v) is 7.40. The van der Waals surface area contributed by atoms with Crippen molar-refractivity contribution in [2.24, 2.45) is 0 Å². The molecule has 2 nitrogen and oxygen atoms in total. The summed E-state index contributed by atoms with van der Waals surface area (Å²) in [6.45, 7) is 2.09. The first kappa shape index (κ1) is 10.5. The number of unbranched alkanes of at least 4 members (excludes halogenated alkanes) is 2. The van der Waals surface area contributed by atoms with E-state index in [1.54, 1.807) is 0 Å². The third-order valence-corrected chi connectivity index (χ3v) is 1.60. The van der Waals surface area contributed by atoms with Crippen LogP contribution in [0.4, 0.5) is 0 Å². The average Bonchev–Trinajstić information content (AvgIpc) is 1.86. The van der Waals surface area contributed by atoms with Crippen molar-refractivity contribution in [3.63, 3.8) is 0 Å². The molecule has 1 N–H and O–H groups in total. The van der Waals surface area contributed by atoms with Crippen LogP contribution in [0, 0.1) is 0 Å².